The van der Waals surface area contributed by atoms with Gasteiger partial charge in [0.15, 0.2) is 0 Å². The molecule has 0 aliphatic heterocycles. The number of rotatable bonds is 6. The predicted octanol–water partition coefficient (Wildman–Crippen LogP) is 1.89. The number of nitrogens with zero attached hydrogens (tertiary/aromatic N) is 1. The van der Waals surface area contributed by atoms with Gasteiger partial charge in [-0.3, -0.25) is 4.98 Å². The molecule has 108 valence electrons. The van der Waals surface area contributed by atoms with Crippen molar-refractivity contribution in [2.75, 3.05) is 24.2 Å². The molecule has 0 saturated heterocycles. The fourth-order valence-corrected chi connectivity index (χ4v) is 2.58. The van der Waals surface area contributed by atoms with Gasteiger partial charge in [0, 0.05) is 29.9 Å². The lowest BCUT2D eigenvalue weighted by atomic mass is 10.1. The molecule has 0 unspecified atom stereocenters. The van der Waals surface area contributed by atoms with Crippen LogP contribution in [0.2, 0.25) is 0 Å². The summed E-state index contributed by atoms with van der Waals surface area (Å²) in [6, 6.07) is 9.85. The van der Waals surface area contributed by atoms with Crippen LogP contribution in [0.15, 0.2) is 30.3 Å². The van der Waals surface area contributed by atoms with E-state index in [4.69, 9.17) is 0 Å². The van der Waals surface area contributed by atoms with Crippen LogP contribution in [0.25, 0.3) is 10.9 Å². The number of hydrogen-bond donors (Lipinski definition) is 2. The van der Waals surface area contributed by atoms with Gasteiger partial charge in [0.2, 0.25) is 10.0 Å². The number of hydrogen-bond acceptors (Lipinski definition) is 4. The highest BCUT2D eigenvalue weighted by atomic mass is 32.2. The molecule has 0 fully saturated rings. The monoisotopic (exact) mass is 293 g/mol. The van der Waals surface area contributed by atoms with Crippen molar-refractivity contribution in [1.29, 1.82) is 0 Å². The molecule has 2 rings (SSSR count). The number of aromatic nitrogens is 1. The van der Waals surface area contributed by atoms with E-state index in [0.717, 1.165) is 22.3 Å². The number of anilines is 1. The average molecular weight is 293 g/mol. The molecule has 0 atom stereocenters. The van der Waals surface area contributed by atoms with Crippen molar-refractivity contribution in [2.24, 2.45) is 0 Å². The molecule has 0 aliphatic carbocycles. The summed E-state index contributed by atoms with van der Waals surface area (Å²) < 4.78 is 25.2. The van der Waals surface area contributed by atoms with E-state index in [2.05, 4.69) is 15.0 Å². The maximum atomic E-state index is 11.3. The molecule has 0 bridgehead atoms. The molecular formula is C14H19N3O2S. The van der Waals surface area contributed by atoms with Gasteiger partial charge in [0.05, 0.1) is 11.3 Å². The zero-order chi connectivity index (χ0) is 14.6. The molecule has 0 spiro atoms. The maximum Gasteiger partial charge on any atom is 0.211 e. The van der Waals surface area contributed by atoms with E-state index in [9.17, 15) is 8.42 Å². The number of pyridine rings is 1. The van der Waals surface area contributed by atoms with E-state index >= 15 is 0 Å². The zero-order valence-electron chi connectivity index (χ0n) is 11.7. The van der Waals surface area contributed by atoms with E-state index in [1.165, 1.54) is 0 Å². The molecule has 2 aromatic rings. The average Bonchev–Trinajstić information content (AvgIpc) is 2.43. The van der Waals surface area contributed by atoms with E-state index < -0.39 is 10.0 Å². The van der Waals surface area contributed by atoms with Crippen LogP contribution in [0, 0.1) is 6.92 Å². The Labute approximate surface area is 119 Å². The molecule has 2 N–H and O–H groups in total. The van der Waals surface area contributed by atoms with Crippen molar-refractivity contribution in [3.63, 3.8) is 0 Å². The Bertz CT molecular complexity index is 699. The molecule has 1 heterocycles. The third kappa shape index (κ3) is 3.68. The van der Waals surface area contributed by atoms with Gasteiger partial charge >= 0.3 is 0 Å². The molecule has 0 radical (unpaired) electrons. The van der Waals surface area contributed by atoms with Crippen LogP contribution in [-0.4, -0.2) is 32.2 Å². The van der Waals surface area contributed by atoms with E-state index in [0.29, 0.717) is 13.1 Å². The number of aryl methyl sites for hydroxylation is 1. The van der Waals surface area contributed by atoms with Gasteiger partial charge in [-0.25, -0.2) is 13.1 Å². The second-order valence-electron chi connectivity index (χ2n) is 4.55. The van der Waals surface area contributed by atoms with Crippen molar-refractivity contribution < 1.29 is 8.42 Å². The SMILES string of the molecule is CCS(=O)(=O)NCCNc1cc(C)nc2ccccc12. The summed E-state index contributed by atoms with van der Waals surface area (Å²) in [5.74, 6) is 0.101. The summed E-state index contributed by atoms with van der Waals surface area (Å²) in [7, 11) is -3.13. The Hall–Kier alpha value is -1.66. The molecule has 5 nitrogen and oxygen atoms in total. The Balaban J connectivity index is 2.07. The normalized spacial score (nSPS) is 11.7. The highest BCUT2D eigenvalue weighted by Gasteiger charge is 2.06. The van der Waals surface area contributed by atoms with Crippen molar-refractivity contribution in [3.8, 4) is 0 Å². The van der Waals surface area contributed by atoms with Crippen molar-refractivity contribution in [2.45, 2.75) is 13.8 Å². The van der Waals surface area contributed by atoms with Crippen LogP contribution >= 0.6 is 0 Å². The minimum absolute atomic E-state index is 0.101. The van der Waals surface area contributed by atoms with Crippen LogP contribution in [0.1, 0.15) is 12.6 Å². The first-order valence-electron chi connectivity index (χ1n) is 6.59. The van der Waals surface area contributed by atoms with Gasteiger partial charge in [-0.1, -0.05) is 18.2 Å². The fraction of sp³-hybridized carbons (Fsp3) is 0.357. The lowest BCUT2D eigenvalue weighted by molar-refractivity contribution is 0.584. The molecule has 1 aromatic heterocycles. The first-order chi connectivity index (χ1) is 9.52. The lowest BCUT2D eigenvalue weighted by Crippen LogP contribution is -2.30. The Kier molecular flexibility index (Phi) is 4.57. The van der Waals surface area contributed by atoms with Crippen LogP contribution in [0.3, 0.4) is 0 Å². The molecule has 6 heteroatoms. The van der Waals surface area contributed by atoms with Gasteiger partial charge < -0.3 is 5.32 Å². The Morgan fingerprint density at radius 2 is 1.95 bits per heavy atom. The number of nitrogens with one attached hydrogen (secondary N) is 2. The fourth-order valence-electron chi connectivity index (χ4n) is 1.96. The summed E-state index contributed by atoms with van der Waals surface area (Å²) in [6.07, 6.45) is 0. The number of fused-ring (bicyclic) bond motifs is 1. The second-order valence-corrected chi connectivity index (χ2v) is 6.65. The van der Waals surface area contributed by atoms with Crippen LogP contribution in [-0.2, 0) is 10.0 Å². The van der Waals surface area contributed by atoms with E-state index in [-0.39, 0.29) is 5.75 Å². The van der Waals surface area contributed by atoms with Gasteiger partial charge in [-0.05, 0) is 26.0 Å². The molecule has 0 saturated carbocycles. The largest absolute Gasteiger partial charge is 0.383 e. The van der Waals surface area contributed by atoms with Gasteiger partial charge in [-0.2, -0.15) is 0 Å². The smallest absolute Gasteiger partial charge is 0.211 e. The van der Waals surface area contributed by atoms with Gasteiger partial charge in [0.1, 0.15) is 0 Å². The standard InChI is InChI=1S/C14H19N3O2S/c1-3-20(18,19)16-9-8-15-14-10-11(2)17-13-7-5-4-6-12(13)14/h4-7,10,16H,3,8-9H2,1-2H3,(H,15,17). The first-order valence-corrected chi connectivity index (χ1v) is 8.24. The van der Waals surface area contributed by atoms with E-state index in [1.54, 1.807) is 6.92 Å². The third-order valence-corrected chi connectivity index (χ3v) is 4.39. The first kappa shape index (κ1) is 14.7. The Morgan fingerprint density at radius 3 is 2.70 bits per heavy atom. The second kappa shape index (κ2) is 6.19. The van der Waals surface area contributed by atoms with Crippen LogP contribution in [0.5, 0.6) is 0 Å². The topological polar surface area (TPSA) is 71.1 Å². The molecule has 0 aliphatic rings. The minimum atomic E-state index is -3.13. The van der Waals surface area contributed by atoms with Crippen molar-refractivity contribution >= 4 is 26.6 Å². The van der Waals surface area contributed by atoms with Crippen LogP contribution in [0.4, 0.5) is 5.69 Å². The van der Waals surface area contributed by atoms with Gasteiger partial charge in [0.25, 0.3) is 0 Å². The summed E-state index contributed by atoms with van der Waals surface area (Å²) >= 11 is 0. The summed E-state index contributed by atoms with van der Waals surface area (Å²) in [5.41, 5.74) is 2.84. The van der Waals surface area contributed by atoms with Crippen LogP contribution < -0.4 is 10.0 Å². The van der Waals surface area contributed by atoms with E-state index in [1.807, 2.05) is 37.3 Å². The highest BCUT2D eigenvalue weighted by Crippen LogP contribution is 2.22. The number of para-hydroxylation sites is 1. The van der Waals surface area contributed by atoms with Gasteiger partial charge in [-0.15, -0.1) is 0 Å². The summed E-state index contributed by atoms with van der Waals surface area (Å²) in [4.78, 5) is 4.47. The van der Waals surface area contributed by atoms with Crippen molar-refractivity contribution in [3.05, 3.63) is 36.0 Å². The Morgan fingerprint density at radius 1 is 1.20 bits per heavy atom. The highest BCUT2D eigenvalue weighted by molar-refractivity contribution is 7.89. The molecular weight excluding hydrogens is 274 g/mol. The quantitative estimate of drug-likeness (QED) is 0.798. The summed E-state index contributed by atoms with van der Waals surface area (Å²) in [6.45, 7) is 4.46. The molecule has 0 amide bonds. The maximum absolute atomic E-state index is 11.3. The third-order valence-electron chi connectivity index (χ3n) is 2.99. The van der Waals surface area contributed by atoms with Crippen molar-refractivity contribution in [1.82, 2.24) is 9.71 Å². The summed E-state index contributed by atoms with van der Waals surface area (Å²) in [5, 5.41) is 4.30. The minimum Gasteiger partial charge on any atom is -0.383 e. The number of sulfonamides is 1. The molecule has 20 heavy (non-hydrogen) atoms. The predicted molar refractivity (Wildman–Crippen MR) is 82.4 cm³/mol. The zero-order valence-corrected chi connectivity index (χ0v) is 12.5. The lowest BCUT2D eigenvalue weighted by Gasteiger charge is -2.11. The number of benzene rings is 1. The molecule has 1 aromatic carbocycles.